The van der Waals surface area contributed by atoms with Crippen LogP contribution in [0.1, 0.15) is 28.8 Å². The lowest BCUT2D eigenvalue weighted by Crippen LogP contribution is -2.42. The molecule has 0 bridgehead atoms. The van der Waals surface area contributed by atoms with E-state index in [0.29, 0.717) is 41.9 Å². The largest absolute Gasteiger partial charge is 0.493 e. The number of imidazole rings is 1. The number of carbonyl (C=O) groups is 2. The van der Waals surface area contributed by atoms with Crippen molar-refractivity contribution in [3.63, 3.8) is 0 Å². The third kappa shape index (κ3) is 6.58. The average molecular weight is 555 g/mol. The quantitative estimate of drug-likeness (QED) is 0.292. The predicted molar refractivity (Wildman–Crippen MR) is 157 cm³/mol. The maximum atomic E-state index is 13.5. The number of hydrogen-bond acceptors (Lipinski definition) is 6. The Kier molecular flexibility index (Phi) is 8.64. The SMILES string of the molecule is COc1ccc(-n2cc(-c3ccccc3)nc2NC(=O)CN(C[C@@H]2CCCO2)C(=O)c2ccc(C)cc2)cc1OC. The molecule has 9 nitrogen and oxygen atoms in total. The van der Waals surface area contributed by atoms with E-state index >= 15 is 0 Å². The maximum Gasteiger partial charge on any atom is 0.254 e. The van der Waals surface area contributed by atoms with Gasteiger partial charge in [0.2, 0.25) is 11.9 Å². The molecule has 0 saturated carbocycles. The molecule has 4 aromatic rings. The van der Waals surface area contributed by atoms with Gasteiger partial charge in [-0.05, 0) is 44.0 Å². The van der Waals surface area contributed by atoms with Crippen molar-refractivity contribution < 1.29 is 23.8 Å². The van der Waals surface area contributed by atoms with Crippen LogP contribution in [0.3, 0.4) is 0 Å². The van der Waals surface area contributed by atoms with Crippen LogP contribution in [0.4, 0.5) is 5.95 Å². The van der Waals surface area contributed by atoms with Crippen molar-refractivity contribution in [2.45, 2.75) is 25.9 Å². The van der Waals surface area contributed by atoms with E-state index in [0.717, 1.165) is 29.7 Å². The van der Waals surface area contributed by atoms with Gasteiger partial charge in [-0.15, -0.1) is 0 Å². The summed E-state index contributed by atoms with van der Waals surface area (Å²) in [6.07, 6.45) is 3.54. The number of nitrogens with zero attached hydrogens (tertiary/aromatic N) is 3. The molecule has 1 fully saturated rings. The Labute approximate surface area is 239 Å². The van der Waals surface area contributed by atoms with Crippen molar-refractivity contribution in [3.8, 4) is 28.4 Å². The molecule has 0 unspecified atom stereocenters. The molecule has 1 saturated heterocycles. The van der Waals surface area contributed by atoms with E-state index in [1.54, 1.807) is 41.9 Å². The van der Waals surface area contributed by atoms with Crippen molar-refractivity contribution in [1.29, 1.82) is 0 Å². The van der Waals surface area contributed by atoms with E-state index in [1.807, 2.05) is 67.7 Å². The second-order valence-electron chi connectivity index (χ2n) is 9.96. The fraction of sp³-hybridized carbons (Fsp3) is 0.281. The van der Waals surface area contributed by atoms with E-state index in [1.165, 1.54) is 0 Å². The van der Waals surface area contributed by atoms with Gasteiger partial charge in [0.15, 0.2) is 11.5 Å². The first-order chi connectivity index (χ1) is 19.9. The molecule has 2 amide bonds. The van der Waals surface area contributed by atoms with E-state index in [2.05, 4.69) is 5.32 Å². The highest BCUT2D eigenvalue weighted by Gasteiger charge is 2.26. The number of anilines is 1. The zero-order valence-electron chi connectivity index (χ0n) is 23.5. The smallest absolute Gasteiger partial charge is 0.254 e. The Bertz CT molecular complexity index is 1490. The Morgan fingerprint density at radius 3 is 2.46 bits per heavy atom. The van der Waals surface area contributed by atoms with Gasteiger partial charge in [-0.1, -0.05) is 48.0 Å². The summed E-state index contributed by atoms with van der Waals surface area (Å²) >= 11 is 0. The highest BCUT2D eigenvalue weighted by atomic mass is 16.5. The summed E-state index contributed by atoms with van der Waals surface area (Å²) in [6.45, 7) is 2.82. The molecular weight excluding hydrogens is 520 g/mol. The zero-order valence-corrected chi connectivity index (χ0v) is 23.5. The molecule has 2 heterocycles. The van der Waals surface area contributed by atoms with Crippen LogP contribution in [-0.2, 0) is 9.53 Å². The number of carbonyl (C=O) groups excluding carboxylic acids is 2. The molecular formula is C32H34N4O5. The summed E-state index contributed by atoms with van der Waals surface area (Å²) < 4.78 is 18.5. The van der Waals surface area contributed by atoms with Gasteiger partial charge in [0.1, 0.15) is 6.54 Å². The number of methoxy groups -OCH3 is 2. The van der Waals surface area contributed by atoms with Gasteiger partial charge in [-0.3, -0.25) is 19.5 Å². The van der Waals surface area contributed by atoms with Crippen LogP contribution in [0.25, 0.3) is 16.9 Å². The molecule has 9 heteroatoms. The lowest BCUT2D eigenvalue weighted by atomic mass is 10.1. The lowest BCUT2D eigenvalue weighted by Gasteiger charge is -2.25. The van der Waals surface area contributed by atoms with Crippen molar-refractivity contribution in [1.82, 2.24) is 14.5 Å². The van der Waals surface area contributed by atoms with Crippen LogP contribution in [0.5, 0.6) is 11.5 Å². The average Bonchev–Trinajstić information content (AvgIpc) is 3.67. The summed E-state index contributed by atoms with van der Waals surface area (Å²) in [7, 11) is 3.15. The summed E-state index contributed by atoms with van der Waals surface area (Å²) in [5, 5.41) is 2.94. The highest BCUT2D eigenvalue weighted by molar-refractivity contribution is 5.99. The van der Waals surface area contributed by atoms with Gasteiger partial charge < -0.3 is 19.1 Å². The molecule has 3 aromatic carbocycles. The van der Waals surface area contributed by atoms with Crippen LogP contribution in [0, 0.1) is 6.92 Å². The van der Waals surface area contributed by atoms with Crippen molar-refractivity contribution in [2.24, 2.45) is 0 Å². The standard InChI is InChI=1S/C32H34N4O5/c1-22-11-13-24(14-12-22)31(38)35(19-26-10-7-17-41-26)21-30(37)34-32-33-27(23-8-5-4-6-9-23)20-36(32)25-15-16-28(39-2)29(18-25)40-3/h4-6,8-9,11-16,18,20,26H,7,10,17,19,21H2,1-3H3,(H,33,34,37)/t26-/m0/s1. The number of hydrogen-bond donors (Lipinski definition) is 1. The topological polar surface area (TPSA) is 94.9 Å². The number of ether oxygens (including phenoxy) is 3. The Morgan fingerprint density at radius 1 is 1.02 bits per heavy atom. The molecule has 1 atom stereocenters. The molecule has 1 aromatic heterocycles. The van der Waals surface area contributed by atoms with Gasteiger partial charge in [-0.2, -0.15) is 0 Å². The Hall–Kier alpha value is -4.63. The van der Waals surface area contributed by atoms with Gasteiger partial charge in [0, 0.05) is 36.5 Å². The van der Waals surface area contributed by atoms with Gasteiger partial charge in [0.25, 0.3) is 5.91 Å². The van der Waals surface area contributed by atoms with E-state index in [9.17, 15) is 9.59 Å². The third-order valence-electron chi connectivity index (χ3n) is 7.04. The van der Waals surface area contributed by atoms with Crippen LogP contribution >= 0.6 is 0 Å². The van der Waals surface area contributed by atoms with Crippen molar-refractivity contribution in [3.05, 3.63) is 90.1 Å². The first-order valence-electron chi connectivity index (χ1n) is 13.6. The minimum Gasteiger partial charge on any atom is -0.493 e. The number of aromatic nitrogens is 2. The molecule has 1 aliphatic rings. The number of rotatable bonds is 10. The molecule has 1 N–H and O–H groups in total. The van der Waals surface area contributed by atoms with Crippen LogP contribution in [0.2, 0.25) is 0 Å². The normalized spacial score (nSPS) is 14.5. The molecule has 41 heavy (non-hydrogen) atoms. The minimum atomic E-state index is -0.365. The maximum absolute atomic E-state index is 13.5. The van der Waals surface area contributed by atoms with E-state index in [4.69, 9.17) is 19.2 Å². The second kappa shape index (κ2) is 12.7. The van der Waals surface area contributed by atoms with Crippen molar-refractivity contribution in [2.75, 3.05) is 39.2 Å². The van der Waals surface area contributed by atoms with Gasteiger partial charge >= 0.3 is 0 Å². The first kappa shape index (κ1) is 27.9. The number of amides is 2. The van der Waals surface area contributed by atoms with Gasteiger partial charge in [-0.25, -0.2) is 4.98 Å². The summed E-state index contributed by atoms with van der Waals surface area (Å²) in [5.74, 6) is 0.869. The molecule has 1 aliphatic heterocycles. The molecule has 212 valence electrons. The Balaban J connectivity index is 1.44. The second-order valence-corrected chi connectivity index (χ2v) is 9.96. The van der Waals surface area contributed by atoms with Crippen LogP contribution < -0.4 is 14.8 Å². The van der Waals surface area contributed by atoms with Gasteiger partial charge in [0.05, 0.1) is 31.7 Å². The highest BCUT2D eigenvalue weighted by Crippen LogP contribution is 2.32. The summed E-state index contributed by atoms with van der Waals surface area (Å²) in [6, 6.07) is 22.5. The Morgan fingerprint density at radius 2 is 1.78 bits per heavy atom. The fourth-order valence-electron chi connectivity index (χ4n) is 4.86. The number of nitrogens with one attached hydrogen (secondary N) is 1. The number of aryl methyl sites for hydroxylation is 1. The van der Waals surface area contributed by atoms with Crippen LogP contribution in [0.15, 0.2) is 79.0 Å². The van der Waals surface area contributed by atoms with Crippen molar-refractivity contribution >= 4 is 17.8 Å². The zero-order chi connectivity index (χ0) is 28.8. The van der Waals surface area contributed by atoms with E-state index in [-0.39, 0.29) is 24.5 Å². The monoisotopic (exact) mass is 554 g/mol. The van der Waals surface area contributed by atoms with E-state index < -0.39 is 0 Å². The number of benzene rings is 3. The molecule has 0 aliphatic carbocycles. The molecule has 0 spiro atoms. The van der Waals surface area contributed by atoms with Crippen LogP contribution in [-0.4, -0.2) is 66.3 Å². The fourth-order valence-corrected chi connectivity index (χ4v) is 4.86. The summed E-state index contributed by atoms with van der Waals surface area (Å²) in [5.41, 5.74) is 3.89. The molecule has 0 radical (unpaired) electrons. The first-order valence-corrected chi connectivity index (χ1v) is 13.6. The summed E-state index contributed by atoms with van der Waals surface area (Å²) in [4.78, 5) is 33.3. The molecule has 5 rings (SSSR count). The third-order valence-corrected chi connectivity index (χ3v) is 7.04. The predicted octanol–water partition coefficient (Wildman–Crippen LogP) is 5.12. The lowest BCUT2D eigenvalue weighted by molar-refractivity contribution is -0.117. The minimum absolute atomic E-state index is 0.101.